The summed E-state index contributed by atoms with van der Waals surface area (Å²) in [6, 6.07) is 2.18. The number of hydrogen-bond donors (Lipinski definition) is 0. The van der Waals surface area contributed by atoms with E-state index in [0.717, 1.165) is 12.1 Å². The maximum Gasteiger partial charge on any atom is 0.180 e. The minimum atomic E-state index is -3.57. The molecule has 0 bridgehead atoms. The first-order chi connectivity index (χ1) is 7.24. The van der Waals surface area contributed by atoms with Crippen LogP contribution in [-0.2, 0) is 19.7 Å². The lowest BCUT2D eigenvalue weighted by Gasteiger charge is -2.17. The molecule has 16 heavy (non-hydrogen) atoms. The molecule has 0 amide bonds. The highest BCUT2D eigenvalue weighted by Gasteiger charge is 2.34. The van der Waals surface area contributed by atoms with E-state index in [-0.39, 0.29) is 19.8 Å². The second-order valence-corrected chi connectivity index (χ2v) is 8.32. The van der Waals surface area contributed by atoms with E-state index >= 15 is 0 Å². The Hall–Kier alpha value is -0.300. The maximum absolute atomic E-state index is 11.7. The van der Waals surface area contributed by atoms with Crippen LogP contribution in [0.1, 0.15) is 0 Å². The van der Waals surface area contributed by atoms with Crippen LogP contribution in [0.15, 0.2) is 21.9 Å². The third-order valence-corrected chi connectivity index (χ3v) is 6.89. The van der Waals surface area contributed by atoms with Gasteiger partial charge in [-0.1, -0.05) is 23.2 Å². The van der Waals surface area contributed by atoms with Gasteiger partial charge >= 0.3 is 0 Å². The molecule has 2 rings (SSSR count). The van der Waals surface area contributed by atoms with E-state index < -0.39 is 31.2 Å². The molecule has 0 aromatic heterocycles. The molecular weight excluding hydrogens is 295 g/mol. The molecule has 88 valence electrons. The molecule has 0 radical (unpaired) electrons. The smallest absolute Gasteiger partial charge is 0.180 e. The van der Waals surface area contributed by atoms with Gasteiger partial charge in [0.2, 0.25) is 0 Å². The van der Waals surface area contributed by atoms with E-state index in [1.54, 1.807) is 0 Å². The minimum absolute atomic E-state index is 0.0288. The fourth-order valence-electron chi connectivity index (χ4n) is 1.44. The normalized spacial score (nSPS) is 21.4. The first kappa shape index (κ1) is 12.2. The van der Waals surface area contributed by atoms with Crippen molar-refractivity contribution in [2.45, 2.75) is 9.79 Å². The van der Waals surface area contributed by atoms with E-state index in [4.69, 9.17) is 23.2 Å². The molecular formula is C8H6Cl2O4S2. The van der Waals surface area contributed by atoms with Gasteiger partial charge in [0.25, 0.3) is 0 Å². The fourth-order valence-corrected chi connectivity index (χ4v) is 6.18. The molecule has 1 aromatic carbocycles. The number of benzene rings is 1. The Morgan fingerprint density at radius 1 is 0.812 bits per heavy atom. The molecule has 1 heterocycles. The number of rotatable bonds is 0. The Kier molecular flexibility index (Phi) is 2.73. The van der Waals surface area contributed by atoms with E-state index in [1.165, 1.54) is 0 Å². The van der Waals surface area contributed by atoms with Gasteiger partial charge in [-0.3, -0.25) is 0 Å². The van der Waals surface area contributed by atoms with Crippen LogP contribution in [0, 0.1) is 0 Å². The van der Waals surface area contributed by atoms with Crippen LogP contribution in [0.3, 0.4) is 0 Å². The topological polar surface area (TPSA) is 68.3 Å². The predicted octanol–water partition coefficient (Wildman–Crippen LogP) is 1.55. The SMILES string of the molecule is O=S1(=O)CCS(=O)(=O)c2cc(Cl)c(Cl)cc21. The Morgan fingerprint density at radius 2 is 1.12 bits per heavy atom. The largest absolute Gasteiger partial charge is 0.224 e. The summed E-state index contributed by atoms with van der Waals surface area (Å²) in [5.41, 5.74) is 0. The van der Waals surface area contributed by atoms with Gasteiger partial charge in [-0.15, -0.1) is 0 Å². The van der Waals surface area contributed by atoms with Crippen LogP contribution in [0.4, 0.5) is 0 Å². The lowest BCUT2D eigenvalue weighted by atomic mass is 10.3. The second-order valence-electron chi connectivity index (χ2n) is 3.35. The van der Waals surface area contributed by atoms with Gasteiger partial charge in [-0.05, 0) is 12.1 Å². The number of sulfone groups is 2. The zero-order chi connectivity index (χ0) is 12.1. The highest BCUT2D eigenvalue weighted by Crippen LogP contribution is 2.34. The van der Waals surface area contributed by atoms with Crippen molar-refractivity contribution in [2.24, 2.45) is 0 Å². The zero-order valence-electron chi connectivity index (χ0n) is 7.77. The van der Waals surface area contributed by atoms with Crippen LogP contribution in [0.5, 0.6) is 0 Å². The summed E-state index contributed by atoms with van der Waals surface area (Å²) < 4.78 is 46.6. The molecule has 1 aromatic rings. The maximum atomic E-state index is 11.7. The van der Waals surface area contributed by atoms with Crippen LogP contribution in [-0.4, -0.2) is 28.3 Å². The number of halogens is 2. The number of hydrogen-bond acceptors (Lipinski definition) is 4. The van der Waals surface area contributed by atoms with Gasteiger partial charge in [-0.25, -0.2) is 16.8 Å². The number of fused-ring (bicyclic) bond motifs is 1. The molecule has 0 unspecified atom stereocenters. The average molecular weight is 301 g/mol. The second kappa shape index (κ2) is 3.60. The molecule has 0 spiro atoms. The molecule has 4 nitrogen and oxygen atoms in total. The fraction of sp³-hybridized carbons (Fsp3) is 0.250. The monoisotopic (exact) mass is 300 g/mol. The van der Waals surface area contributed by atoms with Crippen molar-refractivity contribution >= 4 is 42.9 Å². The van der Waals surface area contributed by atoms with Gasteiger partial charge in [0, 0.05) is 0 Å². The Balaban J connectivity index is 2.91. The Morgan fingerprint density at radius 3 is 1.44 bits per heavy atom. The zero-order valence-corrected chi connectivity index (χ0v) is 10.9. The first-order valence-electron chi connectivity index (χ1n) is 4.18. The molecule has 1 aliphatic heterocycles. The molecule has 1 aliphatic rings. The molecule has 0 fully saturated rings. The summed E-state index contributed by atoms with van der Waals surface area (Å²) in [6.07, 6.45) is 0. The summed E-state index contributed by atoms with van der Waals surface area (Å²) in [6.45, 7) is 0. The van der Waals surface area contributed by atoms with Crippen LogP contribution >= 0.6 is 23.2 Å². The molecule has 0 atom stereocenters. The highest BCUT2D eigenvalue weighted by molar-refractivity contribution is 7.97. The van der Waals surface area contributed by atoms with Crippen LogP contribution in [0.25, 0.3) is 0 Å². The van der Waals surface area contributed by atoms with Gasteiger partial charge in [0.15, 0.2) is 19.7 Å². The van der Waals surface area contributed by atoms with Gasteiger partial charge in [0.1, 0.15) is 0 Å². The first-order valence-corrected chi connectivity index (χ1v) is 8.25. The van der Waals surface area contributed by atoms with E-state index in [9.17, 15) is 16.8 Å². The van der Waals surface area contributed by atoms with Gasteiger partial charge < -0.3 is 0 Å². The van der Waals surface area contributed by atoms with Crippen molar-refractivity contribution in [1.82, 2.24) is 0 Å². The summed E-state index contributed by atoms with van der Waals surface area (Å²) in [5, 5.41) is 0.0576. The van der Waals surface area contributed by atoms with Crippen LogP contribution in [0.2, 0.25) is 10.0 Å². The summed E-state index contributed by atoms with van der Waals surface area (Å²) in [5.74, 6) is -0.833. The third kappa shape index (κ3) is 1.84. The highest BCUT2D eigenvalue weighted by atomic mass is 35.5. The molecule has 0 saturated heterocycles. The van der Waals surface area contributed by atoms with E-state index in [2.05, 4.69) is 0 Å². The molecule has 8 heteroatoms. The van der Waals surface area contributed by atoms with Crippen molar-refractivity contribution in [3.63, 3.8) is 0 Å². The average Bonchev–Trinajstić information content (AvgIpc) is 2.17. The quantitative estimate of drug-likeness (QED) is 0.729. The summed E-state index contributed by atoms with van der Waals surface area (Å²) in [7, 11) is -7.15. The lowest BCUT2D eigenvalue weighted by molar-refractivity contribution is 0.575. The lowest BCUT2D eigenvalue weighted by Crippen LogP contribution is -2.25. The van der Waals surface area contributed by atoms with Crippen molar-refractivity contribution in [1.29, 1.82) is 0 Å². The molecule has 0 aliphatic carbocycles. The summed E-state index contributed by atoms with van der Waals surface area (Å²) in [4.78, 5) is -0.513. The van der Waals surface area contributed by atoms with E-state index in [1.807, 2.05) is 0 Å². The van der Waals surface area contributed by atoms with Crippen molar-refractivity contribution in [2.75, 3.05) is 11.5 Å². The van der Waals surface area contributed by atoms with Gasteiger partial charge in [0.05, 0.1) is 31.3 Å². The van der Waals surface area contributed by atoms with Crippen molar-refractivity contribution < 1.29 is 16.8 Å². The van der Waals surface area contributed by atoms with Crippen LogP contribution < -0.4 is 0 Å². The van der Waals surface area contributed by atoms with Crippen molar-refractivity contribution in [3.8, 4) is 0 Å². The molecule has 0 N–H and O–H groups in total. The standard InChI is InChI=1S/C8H6Cl2O4S2/c9-5-3-7-8(4-6(5)10)16(13,14)2-1-15(7,11)12/h3-4H,1-2H2. The van der Waals surface area contributed by atoms with Gasteiger partial charge in [-0.2, -0.15) is 0 Å². The Labute approximate surface area is 103 Å². The minimum Gasteiger partial charge on any atom is -0.224 e. The third-order valence-electron chi connectivity index (χ3n) is 2.28. The summed E-state index contributed by atoms with van der Waals surface area (Å²) >= 11 is 11.3. The van der Waals surface area contributed by atoms with Crippen molar-refractivity contribution in [3.05, 3.63) is 22.2 Å². The van der Waals surface area contributed by atoms with E-state index in [0.29, 0.717) is 0 Å². The Bertz CT molecular complexity index is 603. The molecule has 0 saturated carbocycles. The predicted molar refractivity (Wildman–Crippen MR) is 60.6 cm³/mol.